The van der Waals surface area contributed by atoms with Gasteiger partial charge in [-0.1, -0.05) is 0 Å². The van der Waals surface area contributed by atoms with Crippen LogP contribution in [0, 0.1) is 0 Å². The average Bonchev–Trinajstić information content (AvgIpc) is 2.86. The Morgan fingerprint density at radius 2 is 1.95 bits per heavy atom. The van der Waals surface area contributed by atoms with E-state index in [-0.39, 0.29) is 11.9 Å². The Balaban J connectivity index is 1.82. The van der Waals surface area contributed by atoms with Crippen molar-refractivity contribution in [3.05, 3.63) is 48.2 Å². The molecule has 106 valence electrons. The Hall–Kier alpha value is -3.09. The summed E-state index contributed by atoms with van der Waals surface area (Å²) in [6, 6.07) is 10.1. The van der Waals surface area contributed by atoms with E-state index in [0.29, 0.717) is 22.7 Å². The van der Waals surface area contributed by atoms with E-state index in [1.807, 2.05) is 0 Å². The van der Waals surface area contributed by atoms with Crippen molar-refractivity contribution >= 4 is 17.6 Å². The fraction of sp³-hybridized carbons (Fsp3) is 0.0714. The molecule has 2 N–H and O–H groups in total. The highest BCUT2D eigenvalue weighted by Crippen LogP contribution is 2.22. The standard InChI is InChI=1S/C14H12N4O3/c1-20-13(19)9-2-4-10(5-3-9)21-11-6-7-18-12(8-11)16-14(15)17-18/h2-8H,1H3,(H2,15,17). The number of nitrogens with zero attached hydrogens (tertiary/aromatic N) is 3. The predicted molar refractivity (Wildman–Crippen MR) is 75.3 cm³/mol. The van der Waals surface area contributed by atoms with Gasteiger partial charge in [0.15, 0.2) is 5.65 Å². The lowest BCUT2D eigenvalue weighted by molar-refractivity contribution is 0.0600. The first-order valence-corrected chi connectivity index (χ1v) is 6.14. The van der Waals surface area contributed by atoms with Crippen LogP contribution in [0.15, 0.2) is 42.6 Å². The van der Waals surface area contributed by atoms with Crippen LogP contribution in [-0.2, 0) is 4.74 Å². The Morgan fingerprint density at radius 3 is 2.67 bits per heavy atom. The molecule has 21 heavy (non-hydrogen) atoms. The third kappa shape index (κ3) is 2.62. The highest BCUT2D eigenvalue weighted by Gasteiger charge is 2.06. The largest absolute Gasteiger partial charge is 0.465 e. The summed E-state index contributed by atoms with van der Waals surface area (Å²) in [5, 5.41) is 3.98. The number of nitrogen functional groups attached to an aromatic ring is 1. The zero-order chi connectivity index (χ0) is 14.8. The van der Waals surface area contributed by atoms with Gasteiger partial charge in [-0.15, -0.1) is 5.10 Å². The number of hydrogen-bond acceptors (Lipinski definition) is 6. The minimum atomic E-state index is -0.387. The fourth-order valence-corrected chi connectivity index (χ4v) is 1.86. The van der Waals surface area contributed by atoms with Gasteiger partial charge < -0.3 is 15.2 Å². The van der Waals surface area contributed by atoms with E-state index < -0.39 is 0 Å². The second-order valence-corrected chi connectivity index (χ2v) is 4.25. The Labute approximate surface area is 119 Å². The smallest absolute Gasteiger partial charge is 0.337 e. The summed E-state index contributed by atoms with van der Waals surface area (Å²) in [6.45, 7) is 0. The topological polar surface area (TPSA) is 91.7 Å². The monoisotopic (exact) mass is 284 g/mol. The molecule has 0 aliphatic heterocycles. The maximum absolute atomic E-state index is 11.3. The van der Waals surface area contributed by atoms with E-state index in [0.717, 1.165) is 0 Å². The normalized spacial score (nSPS) is 10.5. The quantitative estimate of drug-likeness (QED) is 0.738. The molecule has 0 fully saturated rings. The van der Waals surface area contributed by atoms with Crippen molar-refractivity contribution in [1.82, 2.24) is 14.6 Å². The van der Waals surface area contributed by atoms with Gasteiger partial charge in [-0.2, -0.15) is 4.98 Å². The number of fused-ring (bicyclic) bond motifs is 1. The van der Waals surface area contributed by atoms with Crippen molar-refractivity contribution in [3.8, 4) is 11.5 Å². The number of esters is 1. The summed E-state index contributed by atoms with van der Waals surface area (Å²) < 4.78 is 11.9. The van der Waals surface area contributed by atoms with Gasteiger partial charge in [-0.05, 0) is 30.3 Å². The number of benzene rings is 1. The third-order valence-electron chi connectivity index (χ3n) is 2.84. The number of methoxy groups -OCH3 is 1. The number of hydrogen-bond donors (Lipinski definition) is 1. The SMILES string of the molecule is COC(=O)c1ccc(Oc2ccn3nc(N)nc3c2)cc1. The highest BCUT2D eigenvalue weighted by molar-refractivity contribution is 5.89. The van der Waals surface area contributed by atoms with Crippen LogP contribution in [0.25, 0.3) is 5.65 Å². The molecule has 0 unspecified atom stereocenters. The molecule has 7 heteroatoms. The summed E-state index contributed by atoms with van der Waals surface area (Å²) in [5.41, 5.74) is 6.58. The van der Waals surface area contributed by atoms with E-state index in [4.69, 9.17) is 10.5 Å². The molecule has 0 atom stereocenters. The molecule has 0 aliphatic rings. The molecule has 0 saturated carbocycles. The number of nitrogens with two attached hydrogens (primary N) is 1. The van der Waals surface area contributed by atoms with Crippen LogP contribution in [0.5, 0.6) is 11.5 Å². The minimum absolute atomic E-state index is 0.203. The van der Waals surface area contributed by atoms with E-state index >= 15 is 0 Å². The van der Waals surface area contributed by atoms with Gasteiger partial charge in [-0.25, -0.2) is 9.31 Å². The van der Waals surface area contributed by atoms with E-state index in [1.165, 1.54) is 7.11 Å². The van der Waals surface area contributed by atoms with E-state index in [9.17, 15) is 4.79 Å². The number of pyridine rings is 1. The highest BCUT2D eigenvalue weighted by atomic mass is 16.5. The first-order valence-electron chi connectivity index (χ1n) is 6.14. The van der Waals surface area contributed by atoms with Crippen molar-refractivity contribution in [2.24, 2.45) is 0 Å². The average molecular weight is 284 g/mol. The van der Waals surface area contributed by atoms with Crippen LogP contribution in [-0.4, -0.2) is 27.7 Å². The number of ether oxygens (including phenoxy) is 2. The summed E-state index contributed by atoms with van der Waals surface area (Å²) in [6.07, 6.45) is 1.71. The summed E-state index contributed by atoms with van der Waals surface area (Å²) in [7, 11) is 1.34. The molecule has 7 nitrogen and oxygen atoms in total. The number of carbonyl (C=O) groups is 1. The first kappa shape index (κ1) is 12.9. The van der Waals surface area contributed by atoms with E-state index in [2.05, 4.69) is 14.8 Å². The van der Waals surface area contributed by atoms with Crippen LogP contribution in [0.3, 0.4) is 0 Å². The molecule has 0 saturated heterocycles. The number of aromatic nitrogens is 3. The van der Waals surface area contributed by atoms with Crippen molar-refractivity contribution in [2.45, 2.75) is 0 Å². The molecular weight excluding hydrogens is 272 g/mol. The molecule has 0 spiro atoms. The van der Waals surface area contributed by atoms with Gasteiger partial charge in [0, 0.05) is 12.3 Å². The molecule has 0 bridgehead atoms. The van der Waals surface area contributed by atoms with Crippen LogP contribution in [0.2, 0.25) is 0 Å². The third-order valence-corrected chi connectivity index (χ3v) is 2.84. The maximum atomic E-state index is 11.3. The number of carbonyl (C=O) groups excluding carboxylic acids is 1. The number of anilines is 1. The van der Waals surface area contributed by atoms with Gasteiger partial charge in [0.25, 0.3) is 0 Å². The molecule has 2 aromatic heterocycles. The summed E-state index contributed by atoms with van der Waals surface area (Å²) in [5.74, 6) is 1.01. The Morgan fingerprint density at radius 1 is 1.19 bits per heavy atom. The van der Waals surface area contributed by atoms with Crippen LogP contribution in [0.4, 0.5) is 5.95 Å². The van der Waals surface area contributed by atoms with Crippen molar-refractivity contribution in [3.63, 3.8) is 0 Å². The Kier molecular flexibility index (Phi) is 3.15. The van der Waals surface area contributed by atoms with Gasteiger partial charge >= 0.3 is 5.97 Å². The van der Waals surface area contributed by atoms with Crippen molar-refractivity contribution in [2.75, 3.05) is 12.8 Å². The van der Waals surface area contributed by atoms with Gasteiger partial charge in [0.2, 0.25) is 5.95 Å². The predicted octanol–water partition coefficient (Wildman–Crippen LogP) is 1.89. The van der Waals surface area contributed by atoms with Crippen LogP contribution < -0.4 is 10.5 Å². The van der Waals surface area contributed by atoms with Crippen LogP contribution in [0.1, 0.15) is 10.4 Å². The van der Waals surface area contributed by atoms with E-state index in [1.54, 1.807) is 47.1 Å². The van der Waals surface area contributed by atoms with Gasteiger partial charge in [0.05, 0.1) is 12.7 Å². The second-order valence-electron chi connectivity index (χ2n) is 4.25. The Bertz CT molecular complexity index is 796. The molecule has 2 heterocycles. The van der Waals surface area contributed by atoms with Crippen LogP contribution >= 0.6 is 0 Å². The molecule has 1 aromatic carbocycles. The van der Waals surface area contributed by atoms with Gasteiger partial charge in [-0.3, -0.25) is 0 Å². The summed E-state index contributed by atoms with van der Waals surface area (Å²) >= 11 is 0. The van der Waals surface area contributed by atoms with Crippen molar-refractivity contribution < 1.29 is 14.3 Å². The fourth-order valence-electron chi connectivity index (χ4n) is 1.86. The van der Waals surface area contributed by atoms with Crippen molar-refractivity contribution in [1.29, 1.82) is 0 Å². The zero-order valence-electron chi connectivity index (χ0n) is 11.2. The summed E-state index contributed by atoms with van der Waals surface area (Å²) in [4.78, 5) is 15.4. The number of rotatable bonds is 3. The molecule has 0 radical (unpaired) electrons. The maximum Gasteiger partial charge on any atom is 0.337 e. The molecular formula is C14H12N4O3. The lowest BCUT2D eigenvalue weighted by Crippen LogP contribution is -2.00. The molecule has 3 rings (SSSR count). The molecule has 0 aliphatic carbocycles. The molecule has 0 amide bonds. The zero-order valence-corrected chi connectivity index (χ0v) is 11.2. The lowest BCUT2D eigenvalue weighted by Gasteiger charge is -2.06. The van der Waals surface area contributed by atoms with Gasteiger partial charge in [0.1, 0.15) is 11.5 Å². The molecule has 3 aromatic rings. The lowest BCUT2D eigenvalue weighted by atomic mass is 10.2. The minimum Gasteiger partial charge on any atom is -0.465 e. The first-order chi connectivity index (χ1) is 10.2. The second kappa shape index (κ2) is 5.12.